The maximum atomic E-state index is 14.4. The third-order valence-electron chi connectivity index (χ3n) is 9.77. The summed E-state index contributed by atoms with van der Waals surface area (Å²) >= 11 is 0. The predicted octanol–water partition coefficient (Wildman–Crippen LogP) is 10.4. The van der Waals surface area contributed by atoms with Crippen molar-refractivity contribution in [3.63, 3.8) is 0 Å². The van der Waals surface area contributed by atoms with Crippen LogP contribution in [0.3, 0.4) is 0 Å². The van der Waals surface area contributed by atoms with Gasteiger partial charge in [-0.1, -0.05) is 123 Å². The van der Waals surface area contributed by atoms with Gasteiger partial charge < -0.3 is 0 Å². The molecule has 208 valence electrons. The first-order chi connectivity index (χ1) is 21.5. The molecule has 2 heteroatoms. The van der Waals surface area contributed by atoms with Crippen molar-refractivity contribution in [3.05, 3.63) is 161 Å². The molecule has 1 aliphatic heterocycles. The van der Waals surface area contributed by atoms with E-state index in [1.807, 2.05) is 22.8 Å². The molecule has 0 N–H and O–H groups in total. The summed E-state index contributed by atoms with van der Waals surface area (Å²) in [5.41, 5.74) is 8.70. The molecule has 0 unspecified atom stereocenters. The minimum Gasteiger partial charge on any atom is -0.276 e. The molecule has 44 heavy (non-hydrogen) atoms. The lowest BCUT2D eigenvalue weighted by Gasteiger charge is -2.36. The number of rotatable bonds is 2. The Balaban J connectivity index is 1.40. The van der Waals surface area contributed by atoms with Crippen LogP contribution in [0.5, 0.6) is 0 Å². The summed E-state index contributed by atoms with van der Waals surface area (Å²) in [4.78, 5) is 14.4. The van der Waals surface area contributed by atoms with E-state index in [9.17, 15) is 4.79 Å². The molecular formula is C42H29NO. The highest BCUT2D eigenvalue weighted by Gasteiger charge is 2.36. The molecular weight excluding hydrogens is 534 g/mol. The summed E-state index contributed by atoms with van der Waals surface area (Å²) in [6.07, 6.45) is 0. The van der Waals surface area contributed by atoms with Crippen molar-refractivity contribution in [2.24, 2.45) is 0 Å². The Hall–Kier alpha value is -5.47. The Morgan fingerprint density at radius 1 is 0.477 bits per heavy atom. The number of benzene rings is 7. The Morgan fingerprint density at radius 3 is 1.70 bits per heavy atom. The first-order valence-electron chi connectivity index (χ1n) is 15.2. The molecule has 0 fully saturated rings. The summed E-state index contributed by atoms with van der Waals surface area (Å²) in [7, 11) is 0. The second-order valence-corrected chi connectivity index (χ2v) is 12.5. The average molecular weight is 564 g/mol. The normalized spacial score (nSPS) is 13.5. The van der Waals surface area contributed by atoms with Crippen LogP contribution in [0, 0.1) is 0 Å². The summed E-state index contributed by atoms with van der Waals surface area (Å²) in [5.74, 6) is 0. The molecule has 2 heterocycles. The summed E-state index contributed by atoms with van der Waals surface area (Å²) in [6, 6.07) is 49.5. The van der Waals surface area contributed by atoms with E-state index < -0.39 is 0 Å². The smallest absolute Gasteiger partial charge is 0.263 e. The van der Waals surface area contributed by atoms with Crippen LogP contribution in [0.25, 0.3) is 71.2 Å². The van der Waals surface area contributed by atoms with Crippen LogP contribution in [-0.4, -0.2) is 4.57 Å². The maximum absolute atomic E-state index is 14.4. The van der Waals surface area contributed by atoms with Crippen molar-refractivity contribution in [2.45, 2.75) is 19.3 Å². The van der Waals surface area contributed by atoms with E-state index >= 15 is 0 Å². The van der Waals surface area contributed by atoms with Gasteiger partial charge in [-0.05, 0) is 90.6 Å². The lowest BCUT2D eigenvalue weighted by Crippen LogP contribution is -2.32. The zero-order chi connectivity index (χ0) is 29.6. The number of hydrogen-bond acceptors (Lipinski definition) is 1. The Morgan fingerprint density at radius 2 is 1.02 bits per heavy atom. The van der Waals surface area contributed by atoms with Crippen molar-refractivity contribution < 1.29 is 0 Å². The van der Waals surface area contributed by atoms with Crippen LogP contribution in [0.15, 0.2) is 144 Å². The van der Waals surface area contributed by atoms with Gasteiger partial charge in [-0.3, -0.25) is 9.36 Å². The fourth-order valence-corrected chi connectivity index (χ4v) is 7.57. The van der Waals surface area contributed by atoms with E-state index in [2.05, 4.69) is 135 Å². The van der Waals surface area contributed by atoms with Gasteiger partial charge in [0.15, 0.2) is 0 Å². The number of fused-ring (bicyclic) bond motifs is 6. The largest absolute Gasteiger partial charge is 0.276 e. The lowest BCUT2D eigenvalue weighted by atomic mass is 9.72. The SMILES string of the molecule is CC1(C)c2cc(-c3cccc4ccccc34)ccc2-n2c(=O)c3ccccc3c3cc(-c4cccc5ccccc45)cc1c32. The topological polar surface area (TPSA) is 22.0 Å². The number of hydrogen-bond donors (Lipinski definition) is 0. The molecule has 0 aliphatic carbocycles. The van der Waals surface area contributed by atoms with Crippen LogP contribution >= 0.6 is 0 Å². The van der Waals surface area contributed by atoms with Crippen LogP contribution in [0.1, 0.15) is 25.0 Å². The number of nitrogens with zero attached hydrogens (tertiary/aromatic N) is 1. The van der Waals surface area contributed by atoms with Gasteiger partial charge in [0.25, 0.3) is 5.56 Å². The average Bonchev–Trinajstić information content (AvgIpc) is 3.07. The zero-order valence-electron chi connectivity index (χ0n) is 24.6. The molecule has 0 spiro atoms. The standard InChI is InChI=1S/C42H29NO/c1-42(2)37-24-28(32-19-9-13-26-11-3-5-15-30(26)32)21-22-39(37)43-40-36(34-17-7-8-18-35(34)41(43)44)23-29(25-38(40)42)33-20-10-14-27-12-4-6-16-31(27)33/h3-25H,1-2H3. The third-order valence-corrected chi connectivity index (χ3v) is 9.77. The van der Waals surface area contributed by atoms with Crippen LogP contribution in [0.2, 0.25) is 0 Å². The van der Waals surface area contributed by atoms with E-state index in [1.54, 1.807) is 0 Å². The predicted molar refractivity (Wildman–Crippen MR) is 185 cm³/mol. The number of pyridine rings is 1. The van der Waals surface area contributed by atoms with E-state index in [1.165, 1.54) is 43.8 Å². The van der Waals surface area contributed by atoms with Crippen LogP contribution in [0.4, 0.5) is 0 Å². The van der Waals surface area contributed by atoms with Crippen molar-refractivity contribution in [3.8, 4) is 27.9 Å². The molecule has 0 saturated carbocycles. The second-order valence-electron chi connectivity index (χ2n) is 12.5. The molecule has 0 amide bonds. The fourth-order valence-electron chi connectivity index (χ4n) is 7.57. The van der Waals surface area contributed by atoms with E-state index in [0.29, 0.717) is 0 Å². The molecule has 0 radical (unpaired) electrons. The highest BCUT2D eigenvalue weighted by Crippen LogP contribution is 2.48. The molecule has 2 nitrogen and oxygen atoms in total. The molecule has 1 aromatic heterocycles. The van der Waals surface area contributed by atoms with Gasteiger partial charge in [0, 0.05) is 16.2 Å². The van der Waals surface area contributed by atoms with Gasteiger partial charge >= 0.3 is 0 Å². The maximum Gasteiger partial charge on any atom is 0.263 e. The monoisotopic (exact) mass is 563 g/mol. The zero-order valence-corrected chi connectivity index (χ0v) is 24.6. The number of aromatic nitrogens is 1. The molecule has 0 bridgehead atoms. The van der Waals surface area contributed by atoms with Gasteiger partial charge in [-0.2, -0.15) is 0 Å². The van der Waals surface area contributed by atoms with E-state index in [0.717, 1.165) is 38.5 Å². The minimum atomic E-state index is -0.357. The van der Waals surface area contributed by atoms with E-state index in [-0.39, 0.29) is 11.0 Å². The van der Waals surface area contributed by atoms with Crippen molar-refractivity contribution in [2.75, 3.05) is 0 Å². The van der Waals surface area contributed by atoms with Crippen LogP contribution < -0.4 is 5.56 Å². The fraction of sp³-hybridized carbons (Fsp3) is 0.0714. The van der Waals surface area contributed by atoms with Gasteiger partial charge in [-0.25, -0.2) is 0 Å². The van der Waals surface area contributed by atoms with Gasteiger partial charge in [0.2, 0.25) is 0 Å². The first kappa shape index (κ1) is 25.1. The summed E-state index contributed by atoms with van der Waals surface area (Å²) in [6.45, 7) is 4.62. The first-order valence-corrected chi connectivity index (χ1v) is 15.2. The summed E-state index contributed by atoms with van der Waals surface area (Å²) in [5, 5.41) is 7.75. The lowest BCUT2D eigenvalue weighted by molar-refractivity contribution is 0.626. The third kappa shape index (κ3) is 3.40. The van der Waals surface area contributed by atoms with Crippen molar-refractivity contribution in [1.29, 1.82) is 0 Å². The minimum absolute atomic E-state index is 0.0296. The summed E-state index contributed by atoms with van der Waals surface area (Å²) < 4.78 is 1.98. The molecule has 0 saturated heterocycles. The van der Waals surface area contributed by atoms with E-state index in [4.69, 9.17) is 0 Å². The molecule has 0 atom stereocenters. The quantitative estimate of drug-likeness (QED) is 0.192. The Bertz CT molecular complexity index is 2540. The van der Waals surface area contributed by atoms with Gasteiger partial charge in [0.05, 0.1) is 11.2 Å². The highest BCUT2D eigenvalue weighted by atomic mass is 16.1. The molecule has 1 aliphatic rings. The highest BCUT2D eigenvalue weighted by molar-refractivity contribution is 6.11. The molecule has 8 aromatic rings. The van der Waals surface area contributed by atoms with Crippen LogP contribution in [-0.2, 0) is 5.41 Å². The molecule has 7 aromatic carbocycles. The van der Waals surface area contributed by atoms with Gasteiger partial charge in [-0.15, -0.1) is 0 Å². The van der Waals surface area contributed by atoms with Gasteiger partial charge in [0.1, 0.15) is 0 Å². The molecule has 9 rings (SSSR count). The Kier molecular flexibility index (Phi) is 5.14. The Labute approximate surface area is 255 Å². The second kappa shape index (κ2) is 9.02. The van der Waals surface area contributed by atoms with Crippen molar-refractivity contribution >= 4 is 43.2 Å². The van der Waals surface area contributed by atoms with Crippen molar-refractivity contribution in [1.82, 2.24) is 4.57 Å².